The number of anilines is 1. The van der Waals surface area contributed by atoms with Crippen molar-refractivity contribution in [2.75, 3.05) is 45.1 Å². The predicted octanol–water partition coefficient (Wildman–Crippen LogP) is 5.36. The molecule has 4 heterocycles. The van der Waals surface area contributed by atoms with Crippen LogP contribution in [0.2, 0.25) is 0 Å². The zero-order valence-electron chi connectivity index (χ0n) is 30.6. The number of nitrogens with one attached hydrogen (secondary N) is 1. The van der Waals surface area contributed by atoms with Gasteiger partial charge in [-0.15, -0.1) is 0 Å². The van der Waals surface area contributed by atoms with E-state index in [-0.39, 0.29) is 30.0 Å². The third-order valence-electron chi connectivity index (χ3n) is 11.3. The number of nitrogens with two attached hydrogens (primary N) is 1. The number of hydrogen-bond donors (Lipinski definition) is 2. The number of benzene rings is 2. The molecule has 4 aliphatic rings. The standard InChI is InChI=1S/C41H51N7O4/c1-41(2)51-26-33(52-41)24-47-15-17-48(18-16-47)37-14-12-30-19-29(11-13-34(30)37)28-9-7-27(8-10-28)25-50-38-6-4-5-36(38)45-40(49)35-20-31(21-43-39(35)42)32-22-44-46(3)23-32/h7-11,13,19-23,33,36-38H,4-6,12,14-18,24-26H2,1-3H3,(H2,42,43)(H,45,49)/t33?,36-,37?,38-/m0/s1. The molecule has 11 nitrogen and oxygen atoms in total. The molecule has 1 saturated carbocycles. The number of nitrogens with zero attached hydrogens (tertiary/aromatic N) is 5. The zero-order valence-corrected chi connectivity index (χ0v) is 30.6. The number of piperazine rings is 1. The number of carbonyl (C=O) groups excluding carboxylic acids is 1. The Morgan fingerprint density at radius 2 is 1.79 bits per heavy atom. The highest BCUT2D eigenvalue weighted by Gasteiger charge is 2.36. The van der Waals surface area contributed by atoms with Gasteiger partial charge in [0.25, 0.3) is 5.91 Å². The van der Waals surface area contributed by atoms with E-state index in [0.717, 1.165) is 75.1 Å². The highest BCUT2D eigenvalue weighted by molar-refractivity contribution is 5.99. The summed E-state index contributed by atoms with van der Waals surface area (Å²) in [7, 11) is 1.85. The Labute approximate surface area is 306 Å². The largest absolute Gasteiger partial charge is 0.383 e. The van der Waals surface area contributed by atoms with Gasteiger partial charge in [-0.25, -0.2) is 4.98 Å². The minimum atomic E-state index is -0.456. The average Bonchev–Trinajstić information content (AvgIpc) is 3.95. The molecule has 3 fully saturated rings. The summed E-state index contributed by atoms with van der Waals surface area (Å²) in [5.74, 6) is -0.472. The highest BCUT2D eigenvalue weighted by Crippen LogP contribution is 2.38. The van der Waals surface area contributed by atoms with E-state index in [9.17, 15) is 4.79 Å². The number of pyridine rings is 1. The van der Waals surface area contributed by atoms with Crippen LogP contribution in [0.25, 0.3) is 22.3 Å². The lowest BCUT2D eigenvalue weighted by molar-refractivity contribution is -0.140. The molecule has 0 spiro atoms. The Morgan fingerprint density at radius 3 is 2.54 bits per heavy atom. The third-order valence-corrected chi connectivity index (χ3v) is 11.3. The zero-order chi connectivity index (χ0) is 35.8. The lowest BCUT2D eigenvalue weighted by atomic mass is 9.98. The number of nitrogen functional groups attached to an aromatic ring is 1. The van der Waals surface area contributed by atoms with Crippen molar-refractivity contribution >= 4 is 11.7 Å². The minimum Gasteiger partial charge on any atom is -0.383 e. The van der Waals surface area contributed by atoms with Crippen molar-refractivity contribution < 1.29 is 19.0 Å². The number of fused-ring (bicyclic) bond motifs is 1. The Bertz CT molecular complexity index is 1880. The summed E-state index contributed by atoms with van der Waals surface area (Å²) >= 11 is 0. The number of hydrogen-bond acceptors (Lipinski definition) is 9. The molecule has 0 bridgehead atoms. The molecule has 2 saturated heterocycles. The first-order valence-electron chi connectivity index (χ1n) is 18.8. The fourth-order valence-electron chi connectivity index (χ4n) is 8.47. The predicted molar refractivity (Wildman–Crippen MR) is 200 cm³/mol. The molecule has 2 aromatic carbocycles. The molecule has 52 heavy (non-hydrogen) atoms. The van der Waals surface area contributed by atoms with Crippen LogP contribution in [0.15, 0.2) is 67.1 Å². The molecule has 0 radical (unpaired) electrons. The van der Waals surface area contributed by atoms with Gasteiger partial charge in [-0.1, -0.05) is 42.5 Å². The SMILES string of the molecule is Cn1cc(-c2cnc(N)c(C(=O)N[C@H]3CCC[C@@H]3OCc3ccc(-c4ccc5c(c4)CCC5N4CCN(CC5COC(C)(C)O5)CC4)cc3)c2)cn1. The molecule has 4 atom stereocenters. The van der Waals surface area contributed by atoms with Crippen molar-refractivity contribution in [3.8, 4) is 22.3 Å². The van der Waals surface area contributed by atoms with Crippen LogP contribution in [-0.2, 0) is 34.3 Å². The van der Waals surface area contributed by atoms with Gasteiger partial charge in [0.2, 0.25) is 0 Å². The fraction of sp³-hybridized carbons (Fsp3) is 0.488. The molecule has 4 aromatic rings. The molecule has 2 unspecified atom stereocenters. The monoisotopic (exact) mass is 705 g/mol. The second-order valence-electron chi connectivity index (χ2n) is 15.4. The van der Waals surface area contributed by atoms with E-state index >= 15 is 0 Å². The lowest BCUT2D eigenvalue weighted by Gasteiger charge is -2.39. The molecule has 274 valence electrons. The summed E-state index contributed by atoms with van der Waals surface area (Å²) in [4.78, 5) is 22.8. The molecule has 1 amide bonds. The fourth-order valence-corrected chi connectivity index (χ4v) is 8.47. The first kappa shape index (κ1) is 34.9. The van der Waals surface area contributed by atoms with E-state index < -0.39 is 5.79 Å². The van der Waals surface area contributed by atoms with Crippen molar-refractivity contribution in [3.05, 3.63) is 89.4 Å². The van der Waals surface area contributed by atoms with Gasteiger partial charge in [0, 0.05) is 69.3 Å². The Morgan fingerprint density at radius 1 is 0.981 bits per heavy atom. The van der Waals surface area contributed by atoms with Gasteiger partial charge in [-0.3, -0.25) is 19.3 Å². The quantitative estimate of drug-likeness (QED) is 0.225. The summed E-state index contributed by atoms with van der Waals surface area (Å²) < 4.78 is 19.9. The summed E-state index contributed by atoms with van der Waals surface area (Å²) in [6.45, 7) is 10.5. The van der Waals surface area contributed by atoms with Gasteiger partial charge in [0.05, 0.1) is 43.2 Å². The van der Waals surface area contributed by atoms with Gasteiger partial charge < -0.3 is 25.3 Å². The van der Waals surface area contributed by atoms with E-state index in [1.165, 1.54) is 28.7 Å². The number of amides is 1. The van der Waals surface area contributed by atoms with E-state index in [1.807, 2.05) is 27.1 Å². The van der Waals surface area contributed by atoms with Crippen molar-refractivity contribution in [2.24, 2.45) is 7.05 Å². The average molecular weight is 706 g/mol. The minimum absolute atomic E-state index is 0.0599. The molecule has 2 aliphatic heterocycles. The topological polar surface area (TPSA) is 120 Å². The molecule has 3 N–H and O–H groups in total. The van der Waals surface area contributed by atoms with Crippen LogP contribution in [0.5, 0.6) is 0 Å². The maximum Gasteiger partial charge on any atom is 0.255 e. The molecule has 8 rings (SSSR count). The van der Waals surface area contributed by atoms with Crippen molar-refractivity contribution in [1.29, 1.82) is 0 Å². The van der Waals surface area contributed by atoms with E-state index in [0.29, 0.717) is 24.8 Å². The summed E-state index contributed by atoms with van der Waals surface area (Å²) in [6, 6.07) is 18.0. The van der Waals surface area contributed by atoms with Crippen molar-refractivity contribution in [1.82, 2.24) is 29.9 Å². The molecular formula is C41H51N7O4. The Hall–Kier alpha value is -4.13. The van der Waals surface area contributed by atoms with E-state index in [2.05, 4.69) is 67.7 Å². The van der Waals surface area contributed by atoms with Gasteiger partial charge >= 0.3 is 0 Å². The number of ether oxygens (including phenoxy) is 3. The van der Waals surface area contributed by atoms with Crippen LogP contribution < -0.4 is 11.1 Å². The number of carbonyl (C=O) groups is 1. The summed E-state index contributed by atoms with van der Waals surface area (Å²) in [5.41, 5.74) is 14.8. The number of aromatic nitrogens is 3. The second kappa shape index (κ2) is 14.7. The van der Waals surface area contributed by atoms with Crippen LogP contribution in [0.3, 0.4) is 0 Å². The Kier molecular flexibility index (Phi) is 9.88. The van der Waals surface area contributed by atoms with Gasteiger partial charge in [-0.2, -0.15) is 5.10 Å². The summed E-state index contributed by atoms with van der Waals surface area (Å²) in [6.07, 6.45) is 10.5. The van der Waals surface area contributed by atoms with Gasteiger partial charge in [-0.05, 0) is 79.8 Å². The normalized spacial score (nSPS) is 24.7. The van der Waals surface area contributed by atoms with Gasteiger partial charge in [0.1, 0.15) is 5.82 Å². The second-order valence-corrected chi connectivity index (χ2v) is 15.4. The van der Waals surface area contributed by atoms with Crippen molar-refractivity contribution in [3.63, 3.8) is 0 Å². The lowest BCUT2D eigenvalue weighted by Crippen LogP contribution is -2.49. The van der Waals surface area contributed by atoms with Crippen LogP contribution in [-0.4, -0.2) is 93.8 Å². The van der Waals surface area contributed by atoms with Gasteiger partial charge in [0.15, 0.2) is 5.79 Å². The third kappa shape index (κ3) is 7.65. The smallest absolute Gasteiger partial charge is 0.255 e. The maximum atomic E-state index is 13.3. The molecule has 2 aliphatic carbocycles. The summed E-state index contributed by atoms with van der Waals surface area (Å²) in [5, 5.41) is 7.41. The van der Waals surface area contributed by atoms with Crippen LogP contribution in [0, 0.1) is 0 Å². The maximum absolute atomic E-state index is 13.3. The number of aryl methyl sites for hydroxylation is 2. The van der Waals surface area contributed by atoms with Crippen molar-refractivity contribution in [2.45, 2.75) is 82.6 Å². The highest BCUT2D eigenvalue weighted by atomic mass is 16.7. The molecule has 2 aromatic heterocycles. The van der Waals surface area contributed by atoms with Crippen LogP contribution >= 0.6 is 0 Å². The number of rotatable bonds is 10. The first-order chi connectivity index (χ1) is 25.2. The Balaban J connectivity index is 0.833. The van der Waals surface area contributed by atoms with Crippen LogP contribution in [0.1, 0.15) is 72.6 Å². The van der Waals surface area contributed by atoms with E-state index in [4.69, 9.17) is 19.9 Å². The van der Waals surface area contributed by atoms with E-state index in [1.54, 1.807) is 23.1 Å². The molecular weight excluding hydrogens is 654 g/mol. The van der Waals surface area contributed by atoms with Crippen LogP contribution in [0.4, 0.5) is 5.82 Å². The molecule has 11 heteroatoms. The first-order valence-corrected chi connectivity index (χ1v) is 18.8.